The molecule has 2 fully saturated rings. The molecule has 33 heavy (non-hydrogen) atoms. The zero-order valence-corrected chi connectivity index (χ0v) is 19.0. The van der Waals surface area contributed by atoms with Gasteiger partial charge in [0.1, 0.15) is 12.4 Å². The summed E-state index contributed by atoms with van der Waals surface area (Å²) in [4.78, 5) is 38.7. The van der Waals surface area contributed by atoms with E-state index in [4.69, 9.17) is 33.7 Å². The molecule has 3 rings (SSSR count). The molecule has 2 atom stereocenters. The van der Waals surface area contributed by atoms with Crippen LogP contribution in [0.2, 0.25) is 10.0 Å². The monoisotopic (exact) mass is 511 g/mol. The fraction of sp³-hybridized carbons (Fsp3) is 0.550. The maximum atomic E-state index is 12.7. The van der Waals surface area contributed by atoms with Crippen molar-refractivity contribution in [3.8, 4) is 5.75 Å². The van der Waals surface area contributed by atoms with Crippen molar-refractivity contribution in [1.82, 2.24) is 9.80 Å². The van der Waals surface area contributed by atoms with E-state index in [1.54, 1.807) is 11.9 Å². The third-order valence-electron chi connectivity index (χ3n) is 5.75. The van der Waals surface area contributed by atoms with Crippen LogP contribution in [-0.4, -0.2) is 73.2 Å². The molecule has 1 aromatic rings. The Kier molecular flexibility index (Phi) is 7.77. The molecule has 0 bridgehead atoms. The highest BCUT2D eigenvalue weighted by atomic mass is 35.5. The fourth-order valence-electron chi connectivity index (χ4n) is 3.82. The van der Waals surface area contributed by atoms with Gasteiger partial charge in [-0.2, -0.15) is 13.2 Å². The largest absolute Gasteiger partial charge is 0.491 e. The van der Waals surface area contributed by atoms with Gasteiger partial charge in [0.2, 0.25) is 5.91 Å². The lowest BCUT2D eigenvalue weighted by molar-refractivity contribution is -0.189. The summed E-state index contributed by atoms with van der Waals surface area (Å²) in [5, 5.41) is -0.0383. The predicted octanol–water partition coefficient (Wildman–Crippen LogP) is 2.56. The average molecular weight is 512 g/mol. The van der Waals surface area contributed by atoms with Crippen LogP contribution in [0.3, 0.4) is 0 Å². The third-order valence-corrected chi connectivity index (χ3v) is 6.48. The van der Waals surface area contributed by atoms with E-state index in [0.29, 0.717) is 25.9 Å². The molecule has 0 radical (unpaired) electrons. The first-order valence-corrected chi connectivity index (χ1v) is 10.8. The standard InChI is InChI=1S/C20H22Cl2F3N3O5/c1-27-8-15(32-9-16(27)29)18(30)28-4-2-10(3-5-28)17(26)11-6-12(21)13(22)7-14(11)33-19(31)20(23,24)25/h6-7,10,15,17H,2-5,8-9,26H2,1H3/t15-,17-/m1/s1. The summed E-state index contributed by atoms with van der Waals surface area (Å²) in [6, 6.07) is 1.50. The lowest BCUT2D eigenvalue weighted by atomic mass is 9.85. The van der Waals surface area contributed by atoms with Gasteiger partial charge in [-0.3, -0.25) is 9.59 Å². The molecule has 0 saturated carbocycles. The number of hydrogen-bond donors (Lipinski definition) is 1. The molecule has 2 aliphatic heterocycles. The number of carbonyl (C=O) groups is 3. The van der Waals surface area contributed by atoms with E-state index in [1.165, 1.54) is 11.0 Å². The second-order valence-corrected chi connectivity index (χ2v) is 8.77. The summed E-state index contributed by atoms with van der Waals surface area (Å²) in [6.45, 7) is 0.681. The summed E-state index contributed by atoms with van der Waals surface area (Å²) in [6.07, 6.45) is -5.05. The van der Waals surface area contributed by atoms with Gasteiger partial charge >= 0.3 is 12.1 Å². The highest BCUT2D eigenvalue weighted by Gasteiger charge is 2.42. The molecule has 0 unspecified atom stereocenters. The molecule has 13 heteroatoms. The zero-order chi connectivity index (χ0) is 24.5. The molecule has 2 heterocycles. The lowest BCUT2D eigenvalue weighted by Crippen LogP contribution is -2.53. The quantitative estimate of drug-likeness (QED) is 0.492. The van der Waals surface area contributed by atoms with Crippen molar-refractivity contribution in [3.05, 3.63) is 27.7 Å². The molecular formula is C20H22Cl2F3N3O5. The van der Waals surface area contributed by atoms with E-state index in [1.807, 2.05) is 0 Å². The number of rotatable bonds is 4. The summed E-state index contributed by atoms with van der Waals surface area (Å²) < 4.78 is 47.9. The number of ether oxygens (including phenoxy) is 2. The van der Waals surface area contributed by atoms with E-state index in [-0.39, 0.29) is 46.5 Å². The third kappa shape index (κ3) is 5.89. The van der Waals surface area contributed by atoms with Crippen molar-refractivity contribution >= 4 is 41.0 Å². The van der Waals surface area contributed by atoms with Crippen molar-refractivity contribution < 1.29 is 37.0 Å². The molecule has 2 N–H and O–H groups in total. The summed E-state index contributed by atoms with van der Waals surface area (Å²) >= 11 is 11.9. The number of carbonyl (C=O) groups excluding carboxylic acids is 3. The molecule has 182 valence electrons. The van der Waals surface area contributed by atoms with Gasteiger partial charge in [-0.05, 0) is 24.8 Å². The second-order valence-electron chi connectivity index (χ2n) is 7.95. The molecular weight excluding hydrogens is 490 g/mol. The number of halogens is 5. The minimum Gasteiger partial charge on any atom is -0.419 e. The van der Waals surface area contributed by atoms with Crippen molar-refractivity contribution in [3.63, 3.8) is 0 Å². The van der Waals surface area contributed by atoms with Crippen molar-refractivity contribution in [2.24, 2.45) is 11.7 Å². The number of hydrogen-bond acceptors (Lipinski definition) is 6. The van der Waals surface area contributed by atoms with Crippen LogP contribution in [0.15, 0.2) is 12.1 Å². The Morgan fingerprint density at radius 3 is 2.39 bits per heavy atom. The smallest absolute Gasteiger partial charge is 0.419 e. The number of esters is 1. The van der Waals surface area contributed by atoms with Gasteiger partial charge in [0.05, 0.1) is 16.6 Å². The Balaban J connectivity index is 1.68. The number of nitrogens with two attached hydrogens (primary N) is 1. The molecule has 8 nitrogen and oxygen atoms in total. The number of alkyl halides is 3. The lowest BCUT2D eigenvalue weighted by Gasteiger charge is -2.38. The van der Waals surface area contributed by atoms with Crippen LogP contribution < -0.4 is 10.5 Å². The SMILES string of the molecule is CN1C[C@H](C(=O)N2CCC([C@@H](N)c3cc(Cl)c(Cl)cc3OC(=O)C(F)(F)F)CC2)OCC1=O. The molecule has 2 saturated heterocycles. The van der Waals surface area contributed by atoms with E-state index in [9.17, 15) is 27.6 Å². The highest BCUT2D eigenvalue weighted by Crippen LogP contribution is 2.39. The number of piperidine rings is 1. The van der Waals surface area contributed by atoms with Gasteiger partial charge in [0.15, 0.2) is 6.10 Å². The Hall–Kier alpha value is -2.08. The Morgan fingerprint density at radius 2 is 1.82 bits per heavy atom. The summed E-state index contributed by atoms with van der Waals surface area (Å²) in [7, 11) is 1.59. The molecule has 2 aliphatic rings. The second kappa shape index (κ2) is 10.0. The van der Waals surface area contributed by atoms with E-state index >= 15 is 0 Å². The van der Waals surface area contributed by atoms with Crippen LogP contribution in [0.1, 0.15) is 24.4 Å². The first-order valence-electron chi connectivity index (χ1n) is 10.1. The predicted molar refractivity (Wildman–Crippen MR) is 112 cm³/mol. The van der Waals surface area contributed by atoms with Crippen LogP contribution in [0.5, 0.6) is 5.75 Å². The normalized spacial score (nSPS) is 21.2. The van der Waals surface area contributed by atoms with Gasteiger partial charge in [-0.15, -0.1) is 0 Å². The molecule has 2 amide bonds. The first kappa shape index (κ1) is 25.5. The number of benzene rings is 1. The van der Waals surface area contributed by atoms with Gasteiger partial charge in [-0.25, -0.2) is 4.79 Å². The summed E-state index contributed by atoms with van der Waals surface area (Å²) in [5.74, 6) is -3.49. The highest BCUT2D eigenvalue weighted by molar-refractivity contribution is 6.42. The van der Waals surface area contributed by atoms with Gasteiger partial charge in [0.25, 0.3) is 5.91 Å². The average Bonchev–Trinajstić information content (AvgIpc) is 2.76. The number of nitrogens with zero attached hydrogens (tertiary/aromatic N) is 2. The minimum absolute atomic E-state index is 0.0506. The number of morpholine rings is 1. The van der Waals surface area contributed by atoms with Crippen LogP contribution >= 0.6 is 23.2 Å². The first-order chi connectivity index (χ1) is 15.4. The topological polar surface area (TPSA) is 102 Å². The Bertz CT molecular complexity index is 938. The van der Waals surface area contributed by atoms with Crippen LogP contribution in [0, 0.1) is 5.92 Å². The molecule has 1 aromatic carbocycles. The maximum Gasteiger partial charge on any atom is 0.491 e. The van der Waals surface area contributed by atoms with E-state index in [2.05, 4.69) is 4.74 Å². The Morgan fingerprint density at radius 1 is 1.21 bits per heavy atom. The van der Waals surface area contributed by atoms with Crippen molar-refractivity contribution in [2.75, 3.05) is 33.3 Å². The van der Waals surface area contributed by atoms with Gasteiger partial charge in [-0.1, -0.05) is 23.2 Å². The Labute approximate surface area is 197 Å². The number of amides is 2. The number of likely N-dealkylation sites (N-methyl/N-ethyl adjacent to an activating group) is 1. The molecule has 0 spiro atoms. The molecule has 0 aromatic heterocycles. The van der Waals surface area contributed by atoms with Gasteiger partial charge in [0, 0.05) is 37.8 Å². The van der Waals surface area contributed by atoms with E-state index in [0.717, 1.165) is 6.07 Å². The number of likely N-dealkylation sites (tertiary alicyclic amines) is 1. The van der Waals surface area contributed by atoms with Crippen LogP contribution in [0.4, 0.5) is 13.2 Å². The van der Waals surface area contributed by atoms with Crippen molar-refractivity contribution in [1.29, 1.82) is 0 Å². The van der Waals surface area contributed by atoms with Crippen molar-refractivity contribution in [2.45, 2.75) is 31.2 Å². The summed E-state index contributed by atoms with van der Waals surface area (Å²) in [5.41, 5.74) is 6.44. The van der Waals surface area contributed by atoms with Crippen LogP contribution in [0.25, 0.3) is 0 Å². The van der Waals surface area contributed by atoms with Crippen LogP contribution in [-0.2, 0) is 19.1 Å². The zero-order valence-electron chi connectivity index (χ0n) is 17.5. The van der Waals surface area contributed by atoms with E-state index < -0.39 is 30.0 Å². The maximum absolute atomic E-state index is 12.7. The fourth-order valence-corrected chi connectivity index (χ4v) is 4.15. The van der Waals surface area contributed by atoms with Gasteiger partial charge < -0.3 is 25.0 Å². The minimum atomic E-state index is -5.20. The molecule has 0 aliphatic carbocycles.